The van der Waals surface area contributed by atoms with Gasteiger partial charge in [0.1, 0.15) is 5.70 Å². The number of nitrogens with one attached hydrogen (secondary N) is 2. The SMILES string of the molecule is O=C(O)CCCNC(=O)C(=CC=Cc1ccccc1)NC(=O)c1ccccc1. The minimum absolute atomic E-state index is 0.0381. The van der Waals surface area contributed by atoms with Gasteiger partial charge in [0.15, 0.2) is 0 Å². The normalized spacial score (nSPS) is 11.2. The standard InChI is InChI=1S/C22H22N2O4/c25-20(26)15-8-16-23-22(28)19(14-7-11-17-9-3-1-4-10-17)24-21(27)18-12-5-2-6-13-18/h1-7,9-14H,8,15-16H2,(H,23,28)(H,24,27)(H,25,26). The lowest BCUT2D eigenvalue weighted by Crippen LogP contribution is -2.35. The minimum atomic E-state index is -0.923. The van der Waals surface area contributed by atoms with Crippen molar-refractivity contribution in [3.63, 3.8) is 0 Å². The Labute approximate surface area is 163 Å². The van der Waals surface area contributed by atoms with Crippen molar-refractivity contribution in [2.75, 3.05) is 6.54 Å². The summed E-state index contributed by atoms with van der Waals surface area (Å²) < 4.78 is 0. The molecule has 2 rings (SSSR count). The number of aliphatic carboxylic acids is 1. The van der Waals surface area contributed by atoms with Gasteiger partial charge in [-0.3, -0.25) is 14.4 Å². The van der Waals surface area contributed by atoms with Crippen molar-refractivity contribution >= 4 is 23.9 Å². The number of carboxylic acids is 1. The second-order valence-electron chi connectivity index (χ2n) is 5.92. The third kappa shape index (κ3) is 7.29. The molecule has 2 aromatic carbocycles. The van der Waals surface area contributed by atoms with E-state index in [9.17, 15) is 14.4 Å². The molecule has 2 amide bonds. The monoisotopic (exact) mass is 378 g/mol. The topological polar surface area (TPSA) is 95.5 Å². The van der Waals surface area contributed by atoms with Crippen molar-refractivity contribution in [3.05, 3.63) is 89.6 Å². The van der Waals surface area contributed by atoms with Crippen molar-refractivity contribution in [2.24, 2.45) is 0 Å². The number of hydrogen-bond donors (Lipinski definition) is 3. The Kier molecular flexibility index (Phi) is 8.20. The van der Waals surface area contributed by atoms with Crippen LogP contribution in [-0.2, 0) is 9.59 Å². The highest BCUT2D eigenvalue weighted by Gasteiger charge is 2.13. The Morgan fingerprint density at radius 2 is 1.57 bits per heavy atom. The Hall–Kier alpha value is -3.67. The lowest BCUT2D eigenvalue weighted by Gasteiger charge is -2.10. The highest BCUT2D eigenvalue weighted by Crippen LogP contribution is 2.04. The molecule has 0 atom stereocenters. The molecule has 0 bridgehead atoms. The molecule has 0 fully saturated rings. The predicted octanol–water partition coefficient (Wildman–Crippen LogP) is 2.99. The number of amides is 2. The number of allylic oxidation sites excluding steroid dienone is 2. The second-order valence-corrected chi connectivity index (χ2v) is 5.92. The Morgan fingerprint density at radius 1 is 0.929 bits per heavy atom. The summed E-state index contributed by atoms with van der Waals surface area (Å²) in [6, 6.07) is 18.1. The van der Waals surface area contributed by atoms with Gasteiger partial charge in [0, 0.05) is 18.5 Å². The molecule has 0 aliphatic carbocycles. The van der Waals surface area contributed by atoms with Crippen LogP contribution in [0.25, 0.3) is 6.08 Å². The van der Waals surface area contributed by atoms with E-state index >= 15 is 0 Å². The van der Waals surface area contributed by atoms with Crippen LogP contribution in [0.15, 0.2) is 78.5 Å². The Balaban J connectivity index is 2.08. The maximum Gasteiger partial charge on any atom is 0.303 e. The highest BCUT2D eigenvalue weighted by molar-refractivity contribution is 6.03. The van der Waals surface area contributed by atoms with Gasteiger partial charge in [0.2, 0.25) is 0 Å². The maximum absolute atomic E-state index is 12.4. The summed E-state index contributed by atoms with van der Waals surface area (Å²) in [7, 11) is 0. The zero-order chi connectivity index (χ0) is 20.2. The van der Waals surface area contributed by atoms with Gasteiger partial charge in [-0.15, -0.1) is 0 Å². The molecule has 28 heavy (non-hydrogen) atoms. The molecule has 6 nitrogen and oxygen atoms in total. The third-order valence-electron chi connectivity index (χ3n) is 3.73. The number of rotatable bonds is 9. The second kappa shape index (κ2) is 11.1. The van der Waals surface area contributed by atoms with E-state index in [0.717, 1.165) is 5.56 Å². The van der Waals surface area contributed by atoms with Gasteiger partial charge in [0.05, 0.1) is 0 Å². The molecule has 0 aromatic heterocycles. The molecule has 2 aromatic rings. The first-order chi connectivity index (χ1) is 13.6. The summed E-state index contributed by atoms with van der Waals surface area (Å²) in [5, 5.41) is 13.9. The van der Waals surface area contributed by atoms with E-state index in [0.29, 0.717) is 12.0 Å². The van der Waals surface area contributed by atoms with Crippen molar-refractivity contribution in [3.8, 4) is 0 Å². The van der Waals surface area contributed by atoms with E-state index in [4.69, 9.17) is 5.11 Å². The summed E-state index contributed by atoms with van der Waals surface area (Å²) in [5.74, 6) is -1.80. The molecule has 144 valence electrons. The molecule has 0 saturated carbocycles. The lowest BCUT2D eigenvalue weighted by molar-refractivity contribution is -0.137. The summed E-state index contributed by atoms with van der Waals surface area (Å²) in [6.07, 6.45) is 5.27. The molecule has 0 aliphatic rings. The van der Waals surface area contributed by atoms with Crippen LogP contribution in [0.5, 0.6) is 0 Å². The van der Waals surface area contributed by atoms with Crippen LogP contribution in [0.3, 0.4) is 0 Å². The number of carboxylic acid groups (broad SMARTS) is 1. The summed E-state index contributed by atoms with van der Waals surface area (Å²) in [6.45, 7) is 0.200. The summed E-state index contributed by atoms with van der Waals surface area (Å²) in [5.41, 5.74) is 1.46. The fourth-order valence-electron chi connectivity index (χ4n) is 2.31. The van der Waals surface area contributed by atoms with Crippen LogP contribution >= 0.6 is 0 Å². The van der Waals surface area contributed by atoms with Gasteiger partial charge in [-0.05, 0) is 30.2 Å². The minimum Gasteiger partial charge on any atom is -0.481 e. The fourth-order valence-corrected chi connectivity index (χ4v) is 2.31. The van der Waals surface area contributed by atoms with E-state index in [1.54, 1.807) is 36.4 Å². The van der Waals surface area contributed by atoms with Gasteiger partial charge < -0.3 is 15.7 Å². The van der Waals surface area contributed by atoms with Crippen LogP contribution in [0.4, 0.5) is 0 Å². The van der Waals surface area contributed by atoms with E-state index < -0.39 is 17.8 Å². The van der Waals surface area contributed by atoms with E-state index in [2.05, 4.69) is 10.6 Å². The van der Waals surface area contributed by atoms with Crippen LogP contribution in [0.2, 0.25) is 0 Å². The van der Waals surface area contributed by atoms with E-state index in [1.165, 1.54) is 6.08 Å². The molecule has 0 unspecified atom stereocenters. The number of hydrogen-bond acceptors (Lipinski definition) is 3. The zero-order valence-corrected chi connectivity index (χ0v) is 15.3. The van der Waals surface area contributed by atoms with E-state index in [1.807, 2.05) is 36.4 Å². The Bertz CT molecular complexity index is 859. The first-order valence-corrected chi connectivity index (χ1v) is 8.86. The van der Waals surface area contributed by atoms with Gasteiger partial charge in [-0.25, -0.2) is 0 Å². The summed E-state index contributed by atoms with van der Waals surface area (Å²) in [4.78, 5) is 35.4. The molecule has 3 N–H and O–H groups in total. The molecule has 0 radical (unpaired) electrons. The van der Waals surface area contributed by atoms with E-state index in [-0.39, 0.29) is 18.7 Å². The Morgan fingerprint density at radius 3 is 2.21 bits per heavy atom. The summed E-state index contributed by atoms with van der Waals surface area (Å²) >= 11 is 0. The van der Waals surface area contributed by atoms with Crippen LogP contribution < -0.4 is 10.6 Å². The average molecular weight is 378 g/mol. The average Bonchev–Trinajstić information content (AvgIpc) is 2.71. The zero-order valence-electron chi connectivity index (χ0n) is 15.3. The molecular formula is C22H22N2O4. The smallest absolute Gasteiger partial charge is 0.303 e. The van der Waals surface area contributed by atoms with Gasteiger partial charge >= 0.3 is 5.97 Å². The maximum atomic E-state index is 12.4. The first-order valence-electron chi connectivity index (χ1n) is 8.86. The van der Waals surface area contributed by atoms with Gasteiger partial charge in [-0.2, -0.15) is 0 Å². The quantitative estimate of drug-likeness (QED) is 0.355. The molecule has 0 spiro atoms. The van der Waals surface area contributed by atoms with Crippen LogP contribution in [-0.4, -0.2) is 29.4 Å². The van der Waals surface area contributed by atoms with Crippen molar-refractivity contribution in [1.82, 2.24) is 10.6 Å². The first kappa shape index (κ1) is 20.6. The van der Waals surface area contributed by atoms with Gasteiger partial charge in [0.25, 0.3) is 11.8 Å². The van der Waals surface area contributed by atoms with Crippen LogP contribution in [0, 0.1) is 0 Å². The highest BCUT2D eigenvalue weighted by atomic mass is 16.4. The van der Waals surface area contributed by atoms with Crippen molar-refractivity contribution in [2.45, 2.75) is 12.8 Å². The molecule has 0 aliphatic heterocycles. The fraction of sp³-hybridized carbons (Fsp3) is 0.136. The molecule has 0 heterocycles. The molecular weight excluding hydrogens is 356 g/mol. The molecule has 0 saturated heterocycles. The number of carbonyl (C=O) groups is 3. The number of carbonyl (C=O) groups excluding carboxylic acids is 2. The lowest BCUT2D eigenvalue weighted by atomic mass is 10.2. The number of benzene rings is 2. The third-order valence-corrected chi connectivity index (χ3v) is 3.73. The van der Waals surface area contributed by atoms with Crippen molar-refractivity contribution < 1.29 is 19.5 Å². The predicted molar refractivity (Wildman–Crippen MR) is 107 cm³/mol. The molecule has 6 heteroatoms. The van der Waals surface area contributed by atoms with Gasteiger partial charge in [-0.1, -0.05) is 60.7 Å². The van der Waals surface area contributed by atoms with Crippen LogP contribution in [0.1, 0.15) is 28.8 Å². The van der Waals surface area contributed by atoms with Crippen molar-refractivity contribution in [1.29, 1.82) is 0 Å². The largest absolute Gasteiger partial charge is 0.481 e.